The van der Waals surface area contributed by atoms with Gasteiger partial charge in [-0.2, -0.15) is 0 Å². The highest BCUT2D eigenvalue weighted by molar-refractivity contribution is 5.95. The van der Waals surface area contributed by atoms with Crippen LogP contribution in [-0.4, -0.2) is 73.8 Å². The van der Waals surface area contributed by atoms with Crippen molar-refractivity contribution in [2.75, 3.05) is 51.8 Å². The molecule has 2 aromatic rings. The Kier molecular flexibility index (Phi) is 6.50. The van der Waals surface area contributed by atoms with Crippen LogP contribution in [0.15, 0.2) is 54.0 Å². The molecule has 2 N–H and O–H groups in total. The third kappa shape index (κ3) is 4.65. The molecule has 4 rings (SSSR count). The van der Waals surface area contributed by atoms with E-state index in [9.17, 15) is 9.59 Å². The maximum absolute atomic E-state index is 12.7. The predicted octanol–water partition coefficient (Wildman–Crippen LogP) is 1.09. The molecule has 1 fully saturated rings. The Morgan fingerprint density at radius 1 is 1.09 bits per heavy atom. The fourth-order valence-electron chi connectivity index (χ4n) is 3.92. The SMILES string of the molecule is COC(=O)C1=C(CN2CCN(c3ncccn3)CC2)NC(=O)N[C@H]1c1ccc(OC)cc1. The lowest BCUT2D eigenvalue weighted by Crippen LogP contribution is -2.52. The van der Waals surface area contributed by atoms with E-state index < -0.39 is 12.0 Å². The summed E-state index contributed by atoms with van der Waals surface area (Å²) in [5.41, 5.74) is 1.71. The van der Waals surface area contributed by atoms with E-state index in [4.69, 9.17) is 9.47 Å². The first-order chi connectivity index (χ1) is 15.6. The smallest absolute Gasteiger partial charge is 0.338 e. The van der Waals surface area contributed by atoms with E-state index in [0.717, 1.165) is 31.7 Å². The highest BCUT2D eigenvalue weighted by atomic mass is 16.5. The molecule has 0 bridgehead atoms. The van der Waals surface area contributed by atoms with Crippen LogP contribution in [0.5, 0.6) is 5.75 Å². The van der Waals surface area contributed by atoms with Crippen LogP contribution >= 0.6 is 0 Å². The maximum Gasteiger partial charge on any atom is 0.338 e. The van der Waals surface area contributed by atoms with E-state index in [1.807, 2.05) is 12.1 Å². The number of aromatic nitrogens is 2. The quantitative estimate of drug-likeness (QED) is 0.645. The van der Waals surface area contributed by atoms with Gasteiger partial charge in [0.05, 0.1) is 25.8 Å². The number of piperazine rings is 1. The molecule has 1 atom stereocenters. The number of rotatable bonds is 6. The Morgan fingerprint density at radius 3 is 2.41 bits per heavy atom. The minimum Gasteiger partial charge on any atom is -0.497 e. The number of esters is 1. The first kappa shape index (κ1) is 21.6. The summed E-state index contributed by atoms with van der Waals surface area (Å²) in [6.45, 7) is 3.41. The lowest BCUT2D eigenvalue weighted by molar-refractivity contribution is -0.136. The van der Waals surface area contributed by atoms with Crippen LogP contribution in [0.25, 0.3) is 0 Å². The molecule has 168 valence electrons. The van der Waals surface area contributed by atoms with E-state index in [1.54, 1.807) is 37.7 Å². The zero-order valence-corrected chi connectivity index (χ0v) is 18.1. The van der Waals surface area contributed by atoms with Crippen molar-refractivity contribution in [2.24, 2.45) is 0 Å². The summed E-state index contributed by atoms with van der Waals surface area (Å²) in [4.78, 5) is 38.1. The number of benzene rings is 1. The molecule has 0 unspecified atom stereocenters. The van der Waals surface area contributed by atoms with E-state index in [2.05, 4.69) is 30.4 Å². The number of methoxy groups -OCH3 is 2. The number of nitrogens with one attached hydrogen (secondary N) is 2. The Hall–Kier alpha value is -3.66. The van der Waals surface area contributed by atoms with Gasteiger partial charge in [0.2, 0.25) is 5.95 Å². The number of anilines is 1. The summed E-state index contributed by atoms with van der Waals surface area (Å²) < 4.78 is 10.3. The summed E-state index contributed by atoms with van der Waals surface area (Å²) in [6.07, 6.45) is 3.46. The number of urea groups is 1. The molecule has 2 aliphatic heterocycles. The van der Waals surface area contributed by atoms with Crippen molar-refractivity contribution in [3.05, 3.63) is 59.6 Å². The maximum atomic E-state index is 12.7. The monoisotopic (exact) mass is 438 g/mol. The zero-order valence-electron chi connectivity index (χ0n) is 18.1. The second-order valence-electron chi connectivity index (χ2n) is 7.50. The standard InChI is InChI=1S/C22H26N6O4/c1-31-16-6-4-15(5-7-16)19-18(20(29)32-2)17(25-22(30)26-19)14-27-10-12-28(13-11-27)21-23-8-3-9-24-21/h3-9,19H,10-14H2,1-2H3,(H2,25,26,30)/t19-/m0/s1. The molecule has 0 aliphatic carbocycles. The molecule has 1 saturated heterocycles. The van der Waals surface area contributed by atoms with Crippen LogP contribution in [0.1, 0.15) is 11.6 Å². The van der Waals surface area contributed by atoms with Crippen LogP contribution in [0, 0.1) is 0 Å². The number of ether oxygens (including phenoxy) is 2. The molecular weight excluding hydrogens is 412 g/mol. The van der Waals surface area contributed by atoms with Crippen LogP contribution in [0.4, 0.5) is 10.7 Å². The number of hydrogen-bond acceptors (Lipinski definition) is 8. The van der Waals surface area contributed by atoms with Gasteiger partial charge in [0.25, 0.3) is 0 Å². The van der Waals surface area contributed by atoms with Gasteiger partial charge in [-0.05, 0) is 23.8 Å². The molecular formula is C22H26N6O4. The molecule has 0 spiro atoms. The van der Waals surface area contributed by atoms with Gasteiger partial charge >= 0.3 is 12.0 Å². The first-order valence-corrected chi connectivity index (χ1v) is 10.4. The minimum absolute atomic E-state index is 0.357. The molecule has 1 aromatic heterocycles. The van der Waals surface area contributed by atoms with Crippen LogP contribution in [-0.2, 0) is 9.53 Å². The highest BCUT2D eigenvalue weighted by Gasteiger charge is 2.34. The predicted molar refractivity (Wildman–Crippen MR) is 117 cm³/mol. The van der Waals surface area contributed by atoms with E-state index >= 15 is 0 Å². The lowest BCUT2D eigenvalue weighted by atomic mass is 9.95. The van der Waals surface area contributed by atoms with E-state index in [1.165, 1.54) is 7.11 Å². The average Bonchev–Trinajstić information content (AvgIpc) is 2.84. The fourth-order valence-corrected chi connectivity index (χ4v) is 3.92. The summed E-state index contributed by atoms with van der Waals surface area (Å²) in [6, 6.07) is 8.06. The first-order valence-electron chi connectivity index (χ1n) is 10.4. The molecule has 10 heteroatoms. The van der Waals surface area contributed by atoms with Gasteiger partial charge < -0.3 is 25.0 Å². The average molecular weight is 438 g/mol. The van der Waals surface area contributed by atoms with E-state index in [0.29, 0.717) is 29.5 Å². The van der Waals surface area contributed by atoms with E-state index in [-0.39, 0.29) is 6.03 Å². The van der Waals surface area contributed by atoms with Gasteiger partial charge in [-0.1, -0.05) is 12.1 Å². The van der Waals surface area contributed by atoms with Crippen molar-refractivity contribution < 1.29 is 19.1 Å². The third-order valence-corrected chi connectivity index (χ3v) is 5.60. The molecule has 3 heterocycles. The molecule has 2 amide bonds. The minimum atomic E-state index is -0.615. The topological polar surface area (TPSA) is 109 Å². The third-order valence-electron chi connectivity index (χ3n) is 5.60. The number of carbonyl (C=O) groups excluding carboxylic acids is 2. The number of nitrogens with zero attached hydrogens (tertiary/aromatic N) is 4. The zero-order chi connectivity index (χ0) is 22.5. The van der Waals surface area contributed by atoms with Crippen molar-refractivity contribution in [1.82, 2.24) is 25.5 Å². The van der Waals surface area contributed by atoms with Crippen molar-refractivity contribution in [3.63, 3.8) is 0 Å². The molecule has 0 saturated carbocycles. The van der Waals surface area contributed by atoms with Crippen LogP contribution in [0.3, 0.4) is 0 Å². The van der Waals surface area contributed by atoms with Crippen molar-refractivity contribution >= 4 is 17.9 Å². The van der Waals surface area contributed by atoms with Crippen LogP contribution < -0.4 is 20.3 Å². The number of amides is 2. The molecule has 2 aliphatic rings. The number of carbonyl (C=O) groups is 2. The lowest BCUT2D eigenvalue weighted by Gasteiger charge is -2.37. The molecule has 10 nitrogen and oxygen atoms in total. The van der Waals surface area contributed by atoms with Gasteiger partial charge in [-0.15, -0.1) is 0 Å². The van der Waals surface area contributed by atoms with Gasteiger partial charge in [-0.25, -0.2) is 19.6 Å². The molecule has 0 radical (unpaired) electrons. The van der Waals surface area contributed by atoms with Crippen LogP contribution in [0.2, 0.25) is 0 Å². The summed E-state index contributed by atoms with van der Waals surface area (Å²) in [5.74, 6) is 0.916. The van der Waals surface area contributed by atoms with Gasteiger partial charge in [0.15, 0.2) is 0 Å². The Bertz CT molecular complexity index is 987. The molecule has 32 heavy (non-hydrogen) atoms. The Morgan fingerprint density at radius 2 is 1.78 bits per heavy atom. The number of hydrogen-bond donors (Lipinski definition) is 2. The normalized spacial score (nSPS) is 19.2. The van der Waals surface area contributed by atoms with Crippen molar-refractivity contribution in [2.45, 2.75) is 6.04 Å². The fraction of sp³-hybridized carbons (Fsp3) is 0.364. The summed E-state index contributed by atoms with van der Waals surface area (Å²) in [5, 5.41) is 5.66. The summed E-state index contributed by atoms with van der Waals surface area (Å²) in [7, 11) is 2.93. The van der Waals surface area contributed by atoms with Crippen molar-refractivity contribution in [3.8, 4) is 5.75 Å². The van der Waals surface area contributed by atoms with Gasteiger partial charge in [0.1, 0.15) is 5.75 Å². The second kappa shape index (κ2) is 9.65. The van der Waals surface area contributed by atoms with Gasteiger partial charge in [-0.3, -0.25) is 4.90 Å². The Balaban J connectivity index is 1.54. The highest BCUT2D eigenvalue weighted by Crippen LogP contribution is 2.29. The van der Waals surface area contributed by atoms with Crippen molar-refractivity contribution in [1.29, 1.82) is 0 Å². The summed E-state index contributed by atoms with van der Waals surface area (Å²) >= 11 is 0. The second-order valence-corrected chi connectivity index (χ2v) is 7.50. The van der Waals surface area contributed by atoms with Gasteiger partial charge in [0, 0.05) is 50.8 Å². The largest absolute Gasteiger partial charge is 0.497 e. The Labute approximate surface area is 186 Å². The molecule has 1 aromatic carbocycles.